The van der Waals surface area contributed by atoms with Gasteiger partial charge in [-0.25, -0.2) is 0 Å². The van der Waals surface area contributed by atoms with Crippen LogP contribution < -0.4 is 5.73 Å². The van der Waals surface area contributed by atoms with Crippen molar-refractivity contribution in [1.29, 1.82) is 0 Å². The van der Waals surface area contributed by atoms with Crippen molar-refractivity contribution in [2.24, 2.45) is 5.73 Å². The first kappa shape index (κ1) is 13.8. The molecule has 1 nitrogen and oxygen atoms in total. The Morgan fingerprint density at radius 3 is 2.37 bits per heavy atom. The average molecular weight is 253 g/mol. The highest BCUT2D eigenvalue weighted by Crippen LogP contribution is 2.29. The summed E-state index contributed by atoms with van der Waals surface area (Å²) in [6.07, 6.45) is 0.927. The van der Waals surface area contributed by atoms with Crippen LogP contribution >= 0.6 is 0 Å². The van der Waals surface area contributed by atoms with E-state index in [0.717, 1.165) is 6.42 Å². The zero-order valence-corrected chi connectivity index (χ0v) is 12.1. The highest BCUT2D eigenvalue weighted by Gasteiger charge is 2.14. The minimum absolute atomic E-state index is 0.179. The summed E-state index contributed by atoms with van der Waals surface area (Å²) in [6.45, 7) is 7.43. The Labute approximate surface area is 116 Å². The molecule has 19 heavy (non-hydrogen) atoms. The van der Waals surface area contributed by atoms with Crippen molar-refractivity contribution in [2.75, 3.05) is 6.54 Å². The predicted molar refractivity (Wildman–Crippen MR) is 83.3 cm³/mol. The first-order valence-electron chi connectivity index (χ1n) is 6.91. The minimum atomic E-state index is 0.179. The predicted octanol–water partition coefficient (Wildman–Crippen LogP) is 4.15. The van der Waals surface area contributed by atoms with E-state index in [1.165, 1.54) is 22.3 Å². The van der Waals surface area contributed by atoms with Crippen LogP contribution in [0.4, 0.5) is 0 Å². The van der Waals surface area contributed by atoms with Crippen LogP contribution in [0.25, 0.3) is 11.1 Å². The first-order valence-corrected chi connectivity index (χ1v) is 6.91. The van der Waals surface area contributed by atoms with Crippen LogP contribution in [0.1, 0.15) is 31.9 Å². The van der Waals surface area contributed by atoms with Crippen LogP contribution in [0.3, 0.4) is 0 Å². The fraction of sp³-hybridized carbons (Fsp3) is 0.333. The lowest BCUT2D eigenvalue weighted by Gasteiger charge is -2.20. The van der Waals surface area contributed by atoms with E-state index in [4.69, 9.17) is 5.73 Å². The van der Waals surface area contributed by atoms with Crippen molar-refractivity contribution >= 4 is 0 Å². The molecule has 1 heteroatoms. The summed E-state index contributed by atoms with van der Waals surface area (Å²) in [4.78, 5) is 0. The van der Waals surface area contributed by atoms with Gasteiger partial charge in [-0.05, 0) is 40.6 Å². The Hall–Kier alpha value is -1.60. The number of rotatable bonds is 3. The molecule has 0 aliphatic heterocycles. The van der Waals surface area contributed by atoms with Crippen LogP contribution in [-0.4, -0.2) is 6.54 Å². The molecule has 0 atom stereocenters. The number of nitrogens with two attached hydrogens (primary N) is 1. The van der Waals surface area contributed by atoms with Gasteiger partial charge in [-0.2, -0.15) is 0 Å². The van der Waals surface area contributed by atoms with Gasteiger partial charge >= 0.3 is 0 Å². The van der Waals surface area contributed by atoms with Crippen molar-refractivity contribution in [3.8, 4) is 11.1 Å². The van der Waals surface area contributed by atoms with Gasteiger partial charge in [0.1, 0.15) is 0 Å². The van der Waals surface area contributed by atoms with Gasteiger partial charge in [0.25, 0.3) is 0 Å². The Morgan fingerprint density at radius 2 is 1.68 bits per heavy atom. The standard InChI is InChI=1S/C18H23N/c1-18(2,3)16-9-6-8-15(13-16)17-10-5-4-7-14(17)11-12-19/h4-10,13H,11-12,19H2,1-3H3. The second kappa shape index (κ2) is 5.58. The molecule has 2 N–H and O–H groups in total. The Balaban J connectivity index is 2.48. The lowest BCUT2D eigenvalue weighted by molar-refractivity contribution is 0.590. The van der Waals surface area contributed by atoms with E-state index >= 15 is 0 Å². The molecule has 0 amide bonds. The van der Waals surface area contributed by atoms with Crippen molar-refractivity contribution in [1.82, 2.24) is 0 Å². The van der Waals surface area contributed by atoms with Gasteiger partial charge in [0.15, 0.2) is 0 Å². The van der Waals surface area contributed by atoms with E-state index in [-0.39, 0.29) is 5.41 Å². The van der Waals surface area contributed by atoms with Gasteiger partial charge in [-0.1, -0.05) is 69.3 Å². The molecule has 100 valence electrons. The third kappa shape index (κ3) is 3.24. The lowest BCUT2D eigenvalue weighted by Crippen LogP contribution is -2.11. The molecule has 0 fully saturated rings. The molecule has 0 saturated heterocycles. The summed E-state index contributed by atoms with van der Waals surface area (Å²) in [5.74, 6) is 0. The van der Waals surface area contributed by atoms with Crippen LogP contribution in [0, 0.1) is 0 Å². The van der Waals surface area contributed by atoms with Crippen LogP contribution in [0.15, 0.2) is 48.5 Å². The zero-order valence-electron chi connectivity index (χ0n) is 12.1. The molecule has 0 aliphatic carbocycles. The highest BCUT2D eigenvalue weighted by molar-refractivity contribution is 5.68. The molecule has 0 saturated carbocycles. The van der Waals surface area contributed by atoms with E-state index in [9.17, 15) is 0 Å². The summed E-state index contributed by atoms with van der Waals surface area (Å²) in [6, 6.07) is 17.4. The van der Waals surface area contributed by atoms with Gasteiger partial charge < -0.3 is 5.73 Å². The molecular weight excluding hydrogens is 230 g/mol. The van der Waals surface area contributed by atoms with E-state index < -0.39 is 0 Å². The highest BCUT2D eigenvalue weighted by atomic mass is 14.5. The first-order chi connectivity index (χ1) is 9.02. The maximum Gasteiger partial charge on any atom is -0.00365 e. The van der Waals surface area contributed by atoms with E-state index in [0.29, 0.717) is 6.54 Å². The van der Waals surface area contributed by atoms with E-state index in [1.54, 1.807) is 0 Å². The number of hydrogen-bond acceptors (Lipinski definition) is 1. The van der Waals surface area contributed by atoms with Crippen LogP contribution in [0.5, 0.6) is 0 Å². The van der Waals surface area contributed by atoms with Gasteiger partial charge in [0.2, 0.25) is 0 Å². The van der Waals surface area contributed by atoms with Crippen LogP contribution in [0.2, 0.25) is 0 Å². The molecule has 0 bridgehead atoms. The van der Waals surface area contributed by atoms with Crippen molar-refractivity contribution in [2.45, 2.75) is 32.6 Å². The van der Waals surface area contributed by atoms with Crippen molar-refractivity contribution < 1.29 is 0 Å². The molecule has 0 aromatic heterocycles. The van der Waals surface area contributed by atoms with Crippen molar-refractivity contribution in [3.05, 3.63) is 59.7 Å². The number of benzene rings is 2. The molecule has 0 spiro atoms. The zero-order chi connectivity index (χ0) is 13.9. The molecule has 0 heterocycles. The van der Waals surface area contributed by atoms with Gasteiger partial charge in [-0.3, -0.25) is 0 Å². The lowest BCUT2D eigenvalue weighted by atomic mass is 9.85. The molecule has 2 aromatic rings. The summed E-state index contributed by atoms with van der Waals surface area (Å²) in [5.41, 5.74) is 11.2. The normalized spacial score (nSPS) is 11.6. The molecule has 0 radical (unpaired) electrons. The Bertz CT molecular complexity index is 550. The molecule has 0 aliphatic rings. The topological polar surface area (TPSA) is 26.0 Å². The summed E-state index contributed by atoms with van der Waals surface area (Å²) in [5, 5.41) is 0. The van der Waals surface area contributed by atoms with Gasteiger partial charge in [0.05, 0.1) is 0 Å². The van der Waals surface area contributed by atoms with Gasteiger partial charge in [0, 0.05) is 0 Å². The summed E-state index contributed by atoms with van der Waals surface area (Å²) < 4.78 is 0. The molecular formula is C18H23N. The number of hydrogen-bond donors (Lipinski definition) is 1. The Kier molecular flexibility index (Phi) is 4.06. The largest absolute Gasteiger partial charge is 0.330 e. The fourth-order valence-corrected chi connectivity index (χ4v) is 2.33. The van der Waals surface area contributed by atoms with Gasteiger partial charge in [-0.15, -0.1) is 0 Å². The van der Waals surface area contributed by atoms with Crippen LogP contribution in [-0.2, 0) is 11.8 Å². The van der Waals surface area contributed by atoms with E-state index in [2.05, 4.69) is 69.3 Å². The summed E-state index contributed by atoms with van der Waals surface area (Å²) in [7, 11) is 0. The van der Waals surface area contributed by atoms with Crippen molar-refractivity contribution in [3.63, 3.8) is 0 Å². The third-order valence-electron chi connectivity index (χ3n) is 3.47. The monoisotopic (exact) mass is 253 g/mol. The average Bonchev–Trinajstić information content (AvgIpc) is 2.39. The maximum atomic E-state index is 5.71. The molecule has 2 rings (SSSR count). The SMILES string of the molecule is CC(C)(C)c1cccc(-c2ccccc2CCN)c1. The molecule has 2 aromatic carbocycles. The second-order valence-corrected chi connectivity index (χ2v) is 6.03. The molecule has 0 unspecified atom stereocenters. The second-order valence-electron chi connectivity index (χ2n) is 6.03. The third-order valence-corrected chi connectivity index (χ3v) is 3.47. The summed E-state index contributed by atoms with van der Waals surface area (Å²) >= 11 is 0. The Morgan fingerprint density at radius 1 is 0.947 bits per heavy atom. The minimum Gasteiger partial charge on any atom is -0.330 e. The fourth-order valence-electron chi connectivity index (χ4n) is 2.33. The maximum absolute atomic E-state index is 5.71. The van der Waals surface area contributed by atoms with E-state index in [1.807, 2.05) is 0 Å². The quantitative estimate of drug-likeness (QED) is 0.873. The smallest absolute Gasteiger partial charge is 0.00365 e.